The molecule has 3 N–H and O–H groups in total. The molecule has 0 spiro atoms. The Hall–Kier alpha value is -5.22. The summed E-state index contributed by atoms with van der Waals surface area (Å²) in [6.07, 6.45) is 4.79. The molecule has 0 saturated carbocycles. The molecule has 7 rings (SSSR count). The van der Waals surface area contributed by atoms with Crippen LogP contribution in [0.2, 0.25) is 0 Å². The highest BCUT2D eigenvalue weighted by molar-refractivity contribution is 7.15. The summed E-state index contributed by atoms with van der Waals surface area (Å²) in [7, 11) is 0. The van der Waals surface area contributed by atoms with E-state index in [0.717, 1.165) is 27.0 Å². The number of thiophene rings is 1. The third-order valence-electron chi connectivity index (χ3n) is 6.79. The predicted octanol–water partition coefficient (Wildman–Crippen LogP) is 6.92. The van der Waals surface area contributed by atoms with Crippen LogP contribution < -0.4 is 5.32 Å². The number of aryl methyl sites for hydroxylation is 1. The highest BCUT2D eigenvalue weighted by atomic mass is 32.1. The van der Waals surface area contributed by atoms with Crippen LogP contribution in [0.5, 0.6) is 0 Å². The maximum Gasteiger partial charge on any atom is 0.228 e. The Balaban J connectivity index is 1.24. The quantitative estimate of drug-likeness (QED) is 0.205. The molecule has 0 aliphatic rings. The molecule has 0 saturated heterocycles. The molecule has 2 aromatic carbocycles. The third-order valence-corrected chi connectivity index (χ3v) is 7.82. The van der Waals surface area contributed by atoms with Crippen molar-refractivity contribution in [3.05, 3.63) is 102 Å². The van der Waals surface area contributed by atoms with E-state index in [1.54, 1.807) is 17.4 Å². The van der Waals surface area contributed by atoms with E-state index in [9.17, 15) is 4.79 Å². The Morgan fingerprint density at radius 2 is 1.85 bits per heavy atom. The third kappa shape index (κ3) is 4.64. The van der Waals surface area contributed by atoms with Gasteiger partial charge in [-0.1, -0.05) is 42.5 Å². The molecule has 0 aliphatic heterocycles. The van der Waals surface area contributed by atoms with Gasteiger partial charge < -0.3 is 10.3 Å². The number of hydrogen-bond acceptors (Lipinski definition) is 6. The number of aromatic amines is 2. The van der Waals surface area contributed by atoms with Gasteiger partial charge in [0.15, 0.2) is 11.6 Å². The van der Waals surface area contributed by atoms with Crippen LogP contribution in [-0.2, 0) is 11.2 Å². The summed E-state index contributed by atoms with van der Waals surface area (Å²) in [5.41, 5.74) is 5.28. The second-order valence-electron chi connectivity index (χ2n) is 9.65. The van der Waals surface area contributed by atoms with Gasteiger partial charge in [-0.05, 0) is 36.8 Å². The molecule has 0 radical (unpaired) electrons. The standard InChI is InChI=1S/C31H22FN7OS/c1-17-10-11-24(41-17)21-8-5-9-22-29(21)37-31(36-22)30-26-23(38-39-30)16-34-28(27(26)32)19-13-20(15-33-14-19)35-25(40)12-18-6-3-2-4-7-18/h2-11,13-16H,12H2,1H3,(H,35,40)(H,36,37)(H,38,39). The van der Waals surface area contributed by atoms with Crippen LogP contribution in [0.3, 0.4) is 0 Å². The lowest BCUT2D eigenvalue weighted by Gasteiger charge is -2.08. The average molecular weight is 560 g/mol. The van der Waals surface area contributed by atoms with Gasteiger partial charge in [0, 0.05) is 27.1 Å². The molecule has 200 valence electrons. The van der Waals surface area contributed by atoms with Crippen molar-refractivity contribution in [2.45, 2.75) is 13.3 Å². The lowest BCUT2D eigenvalue weighted by Crippen LogP contribution is -2.14. The number of imidazole rings is 1. The number of nitrogens with zero attached hydrogens (tertiary/aromatic N) is 4. The minimum absolute atomic E-state index is 0.0951. The van der Waals surface area contributed by atoms with Gasteiger partial charge in [0.2, 0.25) is 5.91 Å². The molecule has 0 bridgehead atoms. The molecule has 8 nitrogen and oxygen atoms in total. The molecule has 0 fully saturated rings. The van der Waals surface area contributed by atoms with Gasteiger partial charge in [0.1, 0.15) is 11.4 Å². The molecular formula is C31H22FN7OS. The summed E-state index contributed by atoms with van der Waals surface area (Å²) in [6.45, 7) is 2.07. The number of halogens is 1. The van der Waals surface area contributed by atoms with Crippen molar-refractivity contribution >= 4 is 44.9 Å². The van der Waals surface area contributed by atoms with Crippen LogP contribution in [-0.4, -0.2) is 36.0 Å². The van der Waals surface area contributed by atoms with Crippen LogP contribution in [0.25, 0.3) is 55.2 Å². The number of para-hydroxylation sites is 1. The summed E-state index contributed by atoms with van der Waals surface area (Å²) < 4.78 is 16.1. The number of benzene rings is 2. The molecule has 0 atom stereocenters. The SMILES string of the molecule is Cc1ccc(-c2cccc3[nH]c(-c4n[nH]c5cnc(-c6cncc(NC(=O)Cc7ccccc7)c6)c(F)c45)nc23)s1. The number of aromatic nitrogens is 6. The van der Waals surface area contributed by atoms with Gasteiger partial charge in [-0.15, -0.1) is 11.3 Å². The topological polar surface area (TPSA) is 112 Å². The first-order chi connectivity index (χ1) is 20.0. The predicted molar refractivity (Wildman–Crippen MR) is 159 cm³/mol. The number of pyridine rings is 2. The Morgan fingerprint density at radius 3 is 2.68 bits per heavy atom. The molecule has 5 aromatic heterocycles. The summed E-state index contributed by atoms with van der Waals surface area (Å²) >= 11 is 1.70. The van der Waals surface area contributed by atoms with Crippen molar-refractivity contribution in [3.63, 3.8) is 0 Å². The summed E-state index contributed by atoms with van der Waals surface area (Å²) in [4.78, 5) is 31.6. The van der Waals surface area contributed by atoms with Crippen molar-refractivity contribution in [2.24, 2.45) is 0 Å². The Kier molecular flexibility index (Phi) is 6.09. The number of carbonyl (C=O) groups is 1. The Bertz CT molecular complexity index is 2060. The second-order valence-corrected chi connectivity index (χ2v) is 10.9. The van der Waals surface area contributed by atoms with Gasteiger partial charge in [-0.2, -0.15) is 5.10 Å². The van der Waals surface area contributed by atoms with Crippen LogP contribution >= 0.6 is 11.3 Å². The zero-order valence-electron chi connectivity index (χ0n) is 21.8. The molecule has 0 aliphatic carbocycles. The number of fused-ring (bicyclic) bond motifs is 2. The second kappa shape index (κ2) is 10.1. The summed E-state index contributed by atoms with van der Waals surface area (Å²) in [5.74, 6) is -0.309. The minimum atomic E-state index is -0.560. The van der Waals surface area contributed by atoms with Crippen molar-refractivity contribution in [3.8, 4) is 33.2 Å². The Morgan fingerprint density at radius 1 is 0.976 bits per heavy atom. The Labute approximate surface area is 237 Å². The van der Waals surface area contributed by atoms with Crippen molar-refractivity contribution in [1.82, 2.24) is 30.1 Å². The molecule has 41 heavy (non-hydrogen) atoms. The van der Waals surface area contributed by atoms with E-state index in [1.165, 1.54) is 23.5 Å². The first-order valence-electron chi connectivity index (χ1n) is 12.9. The van der Waals surface area contributed by atoms with Gasteiger partial charge in [0.05, 0.1) is 46.4 Å². The highest BCUT2D eigenvalue weighted by Gasteiger charge is 2.21. The number of anilines is 1. The molecule has 7 aromatic rings. The molecule has 1 amide bonds. The van der Waals surface area contributed by atoms with Gasteiger partial charge in [-0.25, -0.2) is 9.37 Å². The van der Waals surface area contributed by atoms with E-state index in [0.29, 0.717) is 28.3 Å². The summed E-state index contributed by atoms with van der Waals surface area (Å²) in [6, 6.07) is 21.2. The molecule has 0 unspecified atom stereocenters. The van der Waals surface area contributed by atoms with Gasteiger partial charge in [-0.3, -0.25) is 19.9 Å². The van der Waals surface area contributed by atoms with Crippen molar-refractivity contribution in [1.29, 1.82) is 0 Å². The van der Waals surface area contributed by atoms with Crippen LogP contribution in [0.15, 0.2) is 85.3 Å². The zero-order valence-corrected chi connectivity index (χ0v) is 22.6. The number of H-pyrrole nitrogens is 2. The monoisotopic (exact) mass is 559 g/mol. The summed E-state index contributed by atoms with van der Waals surface area (Å²) in [5, 5.41) is 10.4. The molecule has 10 heteroatoms. The largest absolute Gasteiger partial charge is 0.337 e. The number of carbonyl (C=O) groups excluding carboxylic acids is 1. The first kappa shape index (κ1) is 24.8. The van der Waals surface area contributed by atoms with E-state index < -0.39 is 5.82 Å². The normalized spacial score (nSPS) is 11.4. The van der Waals surface area contributed by atoms with Gasteiger partial charge >= 0.3 is 0 Å². The highest BCUT2D eigenvalue weighted by Crippen LogP contribution is 2.36. The number of rotatable bonds is 6. The van der Waals surface area contributed by atoms with Crippen molar-refractivity contribution < 1.29 is 9.18 Å². The fourth-order valence-corrected chi connectivity index (χ4v) is 5.79. The maximum absolute atomic E-state index is 16.1. The fraction of sp³-hybridized carbons (Fsp3) is 0.0645. The lowest BCUT2D eigenvalue weighted by atomic mass is 10.1. The molecular weight excluding hydrogens is 537 g/mol. The lowest BCUT2D eigenvalue weighted by molar-refractivity contribution is -0.115. The average Bonchev–Trinajstić information content (AvgIpc) is 3.72. The number of nitrogens with one attached hydrogen (secondary N) is 3. The minimum Gasteiger partial charge on any atom is -0.337 e. The zero-order chi connectivity index (χ0) is 27.9. The van der Waals surface area contributed by atoms with E-state index >= 15 is 4.39 Å². The van der Waals surface area contributed by atoms with Crippen molar-refractivity contribution in [2.75, 3.05) is 5.32 Å². The van der Waals surface area contributed by atoms with E-state index in [1.807, 2.05) is 48.5 Å². The van der Waals surface area contributed by atoms with E-state index in [2.05, 4.69) is 49.5 Å². The number of hydrogen-bond donors (Lipinski definition) is 3. The van der Waals surface area contributed by atoms with Crippen LogP contribution in [0, 0.1) is 12.7 Å². The van der Waals surface area contributed by atoms with Crippen LogP contribution in [0.4, 0.5) is 10.1 Å². The van der Waals surface area contributed by atoms with Crippen LogP contribution in [0.1, 0.15) is 10.4 Å². The number of amides is 1. The smallest absolute Gasteiger partial charge is 0.228 e. The van der Waals surface area contributed by atoms with E-state index in [4.69, 9.17) is 4.98 Å². The molecule has 5 heterocycles. The first-order valence-corrected chi connectivity index (χ1v) is 13.7. The fourth-order valence-electron chi connectivity index (χ4n) is 4.89. The van der Waals surface area contributed by atoms with E-state index in [-0.39, 0.29) is 23.4 Å². The maximum atomic E-state index is 16.1. The van der Waals surface area contributed by atoms with Gasteiger partial charge in [0.25, 0.3) is 0 Å².